The second kappa shape index (κ2) is 8.30. The molecule has 0 aromatic heterocycles. The molecule has 0 aliphatic carbocycles. The van der Waals surface area contributed by atoms with Crippen molar-refractivity contribution in [1.29, 1.82) is 0 Å². The number of benzene rings is 1. The second-order valence-corrected chi connectivity index (χ2v) is 4.54. The first kappa shape index (κ1) is 17.9. The number of guanidine groups is 1. The number of halogens is 4. The molecule has 0 saturated carbocycles. The summed E-state index contributed by atoms with van der Waals surface area (Å²) in [7, 11) is 0. The molecule has 1 aromatic rings. The molecule has 4 nitrogen and oxygen atoms in total. The minimum atomic E-state index is -2.48. The summed E-state index contributed by atoms with van der Waals surface area (Å²) in [5.41, 5.74) is 6.61. The van der Waals surface area contributed by atoms with E-state index < -0.39 is 13.0 Å². The van der Waals surface area contributed by atoms with Crippen molar-refractivity contribution in [3.8, 4) is 0 Å². The smallest absolute Gasteiger partial charge is 0.257 e. The Balaban J connectivity index is 0.00000220. The van der Waals surface area contributed by atoms with Crippen molar-refractivity contribution >= 4 is 35.6 Å². The summed E-state index contributed by atoms with van der Waals surface area (Å²) < 4.78 is 37.0. The van der Waals surface area contributed by atoms with Gasteiger partial charge in [-0.25, -0.2) is 18.2 Å². The minimum absolute atomic E-state index is 0. The van der Waals surface area contributed by atoms with Gasteiger partial charge in [-0.15, -0.1) is 24.0 Å². The fourth-order valence-electron chi connectivity index (χ4n) is 2.11. The van der Waals surface area contributed by atoms with Crippen LogP contribution in [0.3, 0.4) is 0 Å². The van der Waals surface area contributed by atoms with E-state index in [1.807, 2.05) is 0 Å². The number of alkyl halides is 2. The zero-order chi connectivity index (χ0) is 14.5. The van der Waals surface area contributed by atoms with E-state index in [1.54, 1.807) is 17.0 Å². The summed E-state index contributed by atoms with van der Waals surface area (Å²) in [5.74, 6) is -0.111. The molecule has 1 heterocycles. The molecule has 0 unspecified atom stereocenters. The van der Waals surface area contributed by atoms with Gasteiger partial charge in [-0.3, -0.25) is 0 Å². The highest BCUT2D eigenvalue weighted by molar-refractivity contribution is 14.0. The van der Waals surface area contributed by atoms with Crippen LogP contribution in [0.4, 0.5) is 18.9 Å². The van der Waals surface area contributed by atoms with Gasteiger partial charge in [0.25, 0.3) is 6.43 Å². The maximum absolute atomic E-state index is 12.9. The first-order chi connectivity index (χ1) is 9.56. The average molecular weight is 414 g/mol. The van der Waals surface area contributed by atoms with Crippen LogP contribution in [-0.2, 0) is 0 Å². The lowest BCUT2D eigenvalue weighted by Crippen LogP contribution is -2.51. The topological polar surface area (TPSA) is 44.9 Å². The molecule has 2 N–H and O–H groups in total. The van der Waals surface area contributed by atoms with Crippen molar-refractivity contribution in [2.75, 3.05) is 37.6 Å². The molecule has 1 aromatic carbocycles. The molecule has 0 bridgehead atoms. The normalized spacial score (nSPS) is 16.1. The van der Waals surface area contributed by atoms with Crippen LogP contribution in [0.25, 0.3) is 0 Å². The van der Waals surface area contributed by atoms with E-state index in [1.165, 1.54) is 12.1 Å². The predicted molar refractivity (Wildman–Crippen MR) is 88.1 cm³/mol. The largest absolute Gasteiger partial charge is 0.370 e. The van der Waals surface area contributed by atoms with Crippen molar-refractivity contribution in [2.45, 2.75) is 6.43 Å². The molecule has 1 aliphatic heterocycles. The molecule has 1 aliphatic rings. The predicted octanol–water partition coefficient (Wildman–Crippen LogP) is 2.15. The van der Waals surface area contributed by atoms with Crippen molar-refractivity contribution < 1.29 is 13.2 Å². The number of piperazine rings is 1. The van der Waals surface area contributed by atoms with Crippen molar-refractivity contribution in [2.24, 2.45) is 10.7 Å². The van der Waals surface area contributed by atoms with Gasteiger partial charge in [0.05, 0.1) is 0 Å². The Morgan fingerprint density at radius 1 is 1.14 bits per heavy atom. The first-order valence-electron chi connectivity index (χ1n) is 6.40. The number of aliphatic imine (C=N–C) groups is 1. The molecule has 118 valence electrons. The summed E-state index contributed by atoms with van der Waals surface area (Å²) in [6, 6.07) is 6.28. The molecular formula is C13H18F3IN4. The number of nitrogens with zero attached hydrogens (tertiary/aromatic N) is 3. The number of hydrogen-bond acceptors (Lipinski definition) is 2. The van der Waals surface area contributed by atoms with Gasteiger partial charge in [-0.05, 0) is 24.3 Å². The lowest BCUT2D eigenvalue weighted by Gasteiger charge is -2.36. The molecule has 0 radical (unpaired) electrons. The number of anilines is 1. The van der Waals surface area contributed by atoms with E-state index in [0.717, 1.165) is 5.69 Å². The summed E-state index contributed by atoms with van der Waals surface area (Å²) >= 11 is 0. The molecular weight excluding hydrogens is 396 g/mol. The first-order valence-corrected chi connectivity index (χ1v) is 6.40. The maximum atomic E-state index is 12.9. The number of rotatable bonds is 3. The third kappa shape index (κ3) is 5.25. The van der Waals surface area contributed by atoms with Gasteiger partial charge in [0.2, 0.25) is 0 Å². The van der Waals surface area contributed by atoms with Crippen molar-refractivity contribution in [3.05, 3.63) is 30.1 Å². The van der Waals surface area contributed by atoms with Gasteiger partial charge in [0.1, 0.15) is 12.4 Å². The fraction of sp³-hybridized carbons (Fsp3) is 0.462. The van der Waals surface area contributed by atoms with Crippen LogP contribution in [0.15, 0.2) is 29.3 Å². The summed E-state index contributed by atoms with van der Waals surface area (Å²) in [6.45, 7) is 2.03. The minimum Gasteiger partial charge on any atom is -0.370 e. The summed E-state index contributed by atoms with van der Waals surface area (Å²) in [6.07, 6.45) is -2.48. The Kier molecular flexibility index (Phi) is 7.06. The molecule has 2 rings (SSSR count). The fourth-order valence-corrected chi connectivity index (χ4v) is 2.11. The summed E-state index contributed by atoms with van der Waals surface area (Å²) in [5, 5.41) is 0. The quantitative estimate of drug-likeness (QED) is 0.469. The average Bonchev–Trinajstić information content (AvgIpc) is 2.46. The standard InChI is InChI=1S/C13H17F3N4.HI/c14-10-1-3-11(4-2-10)19-5-7-20(8-6-19)13(17)18-9-12(15)16;/h1-4,12H,5-9H2,(H2,17,18);1H. The van der Waals surface area contributed by atoms with Crippen LogP contribution in [0.1, 0.15) is 0 Å². The summed E-state index contributed by atoms with van der Waals surface area (Å²) in [4.78, 5) is 7.53. The Labute approximate surface area is 138 Å². The Bertz CT molecular complexity index is 459. The van der Waals surface area contributed by atoms with Crippen LogP contribution in [0.5, 0.6) is 0 Å². The van der Waals surface area contributed by atoms with Crippen molar-refractivity contribution in [3.63, 3.8) is 0 Å². The highest BCUT2D eigenvalue weighted by atomic mass is 127. The van der Waals surface area contributed by atoms with Gasteiger partial charge < -0.3 is 15.5 Å². The molecule has 21 heavy (non-hydrogen) atoms. The van der Waals surface area contributed by atoms with E-state index in [9.17, 15) is 13.2 Å². The van der Waals surface area contributed by atoms with Crippen LogP contribution in [0.2, 0.25) is 0 Å². The Morgan fingerprint density at radius 2 is 1.71 bits per heavy atom. The van der Waals surface area contributed by atoms with Gasteiger partial charge in [-0.1, -0.05) is 0 Å². The van der Waals surface area contributed by atoms with Gasteiger partial charge >= 0.3 is 0 Å². The van der Waals surface area contributed by atoms with Crippen LogP contribution in [-0.4, -0.2) is 50.0 Å². The van der Waals surface area contributed by atoms with Gasteiger partial charge in [-0.2, -0.15) is 0 Å². The molecule has 1 fully saturated rings. The monoisotopic (exact) mass is 414 g/mol. The molecule has 0 spiro atoms. The number of hydrogen-bond donors (Lipinski definition) is 1. The zero-order valence-electron chi connectivity index (χ0n) is 11.4. The van der Waals surface area contributed by atoms with Crippen LogP contribution in [0, 0.1) is 5.82 Å². The highest BCUT2D eigenvalue weighted by Crippen LogP contribution is 2.16. The molecule has 8 heteroatoms. The SMILES string of the molecule is I.NC(=NCC(F)F)N1CCN(c2ccc(F)cc2)CC1. The van der Waals surface area contributed by atoms with E-state index in [4.69, 9.17) is 5.73 Å². The van der Waals surface area contributed by atoms with Crippen LogP contribution < -0.4 is 10.6 Å². The lowest BCUT2D eigenvalue weighted by atomic mass is 10.2. The lowest BCUT2D eigenvalue weighted by molar-refractivity contribution is 0.158. The van der Waals surface area contributed by atoms with Gasteiger partial charge in [0.15, 0.2) is 5.96 Å². The molecule has 1 saturated heterocycles. The van der Waals surface area contributed by atoms with Gasteiger partial charge in [0, 0.05) is 31.9 Å². The maximum Gasteiger partial charge on any atom is 0.257 e. The Hall–Kier alpha value is -1.19. The third-order valence-electron chi connectivity index (χ3n) is 3.19. The van der Waals surface area contributed by atoms with E-state index in [-0.39, 0.29) is 35.8 Å². The van der Waals surface area contributed by atoms with E-state index in [0.29, 0.717) is 26.2 Å². The number of nitrogens with two attached hydrogens (primary N) is 1. The third-order valence-corrected chi connectivity index (χ3v) is 3.19. The van der Waals surface area contributed by atoms with E-state index in [2.05, 4.69) is 9.89 Å². The molecule has 0 amide bonds. The molecule has 0 atom stereocenters. The zero-order valence-corrected chi connectivity index (χ0v) is 13.7. The van der Waals surface area contributed by atoms with E-state index >= 15 is 0 Å². The van der Waals surface area contributed by atoms with Crippen molar-refractivity contribution in [1.82, 2.24) is 4.90 Å². The second-order valence-electron chi connectivity index (χ2n) is 4.54. The highest BCUT2D eigenvalue weighted by Gasteiger charge is 2.18. The van der Waals surface area contributed by atoms with Crippen LogP contribution >= 0.6 is 24.0 Å². The Morgan fingerprint density at radius 3 is 2.24 bits per heavy atom.